The summed E-state index contributed by atoms with van der Waals surface area (Å²) in [5.41, 5.74) is 9.68. The van der Waals surface area contributed by atoms with Crippen molar-refractivity contribution in [2.45, 2.75) is 6.42 Å². The Kier molecular flexibility index (Phi) is 5.26. The quantitative estimate of drug-likeness (QED) is 0.656. The van der Waals surface area contributed by atoms with Gasteiger partial charge in [-0.25, -0.2) is 0 Å². The maximum atomic E-state index is 12.5. The van der Waals surface area contributed by atoms with E-state index in [-0.39, 0.29) is 5.91 Å². The van der Waals surface area contributed by atoms with Gasteiger partial charge in [0.2, 0.25) is 0 Å². The van der Waals surface area contributed by atoms with Crippen molar-refractivity contribution < 1.29 is 14.1 Å². The van der Waals surface area contributed by atoms with Crippen LogP contribution in [0.25, 0.3) is 5.57 Å². The van der Waals surface area contributed by atoms with E-state index < -0.39 is 0 Å². The van der Waals surface area contributed by atoms with Crippen molar-refractivity contribution in [1.82, 2.24) is 10.5 Å². The molecule has 1 amide bonds. The van der Waals surface area contributed by atoms with E-state index in [1.54, 1.807) is 20.2 Å². The number of nitrogens with two attached hydrogens (primary N) is 1. The van der Waals surface area contributed by atoms with Gasteiger partial charge < -0.3 is 20.3 Å². The Hall–Kier alpha value is -3.54. The smallest absolute Gasteiger partial charge is 0.256 e. The highest BCUT2D eigenvalue weighted by atomic mass is 16.5. The molecular formula is C21H21N3O3. The van der Waals surface area contributed by atoms with Gasteiger partial charge in [0.25, 0.3) is 5.91 Å². The van der Waals surface area contributed by atoms with E-state index in [0.29, 0.717) is 40.3 Å². The third kappa shape index (κ3) is 3.69. The van der Waals surface area contributed by atoms with Gasteiger partial charge in [-0.1, -0.05) is 42.1 Å². The van der Waals surface area contributed by atoms with Crippen LogP contribution in [0.5, 0.6) is 5.75 Å². The van der Waals surface area contributed by atoms with Crippen LogP contribution in [0.3, 0.4) is 0 Å². The number of nitrogens with one attached hydrogen (secondary N) is 1. The first-order valence-electron chi connectivity index (χ1n) is 8.42. The number of hydrogen-bond acceptors (Lipinski definition) is 5. The van der Waals surface area contributed by atoms with Crippen molar-refractivity contribution in [1.29, 1.82) is 0 Å². The van der Waals surface area contributed by atoms with Crippen LogP contribution in [0, 0.1) is 0 Å². The number of rotatable bonds is 6. The number of anilines is 1. The van der Waals surface area contributed by atoms with Gasteiger partial charge in [0.1, 0.15) is 17.0 Å². The first-order chi connectivity index (χ1) is 13.0. The van der Waals surface area contributed by atoms with E-state index in [9.17, 15) is 4.79 Å². The molecule has 3 rings (SSSR count). The summed E-state index contributed by atoms with van der Waals surface area (Å²) < 4.78 is 10.7. The molecule has 6 nitrogen and oxygen atoms in total. The highest BCUT2D eigenvalue weighted by Gasteiger charge is 2.25. The summed E-state index contributed by atoms with van der Waals surface area (Å²) in [7, 11) is 3.18. The van der Waals surface area contributed by atoms with E-state index in [0.717, 1.165) is 11.3 Å². The van der Waals surface area contributed by atoms with Crippen molar-refractivity contribution in [3.8, 4) is 5.75 Å². The Bertz CT molecular complexity index is 975. The number of hydrogen-bond donors (Lipinski definition) is 2. The summed E-state index contributed by atoms with van der Waals surface area (Å²) in [6.45, 7) is 4.07. The molecule has 0 aliphatic heterocycles. The third-order valence-corrected chi connectivity index (χ3v) is 4.31. The predicted octanol–water partition coefficient (Wildman–Crippen LogP) is 3.28. The maximum Gasteiger partial charge on any atom is 0.256 e. The molecule has 0 bridgehead atoms. The lowest BCUT2D eigenvalue weighted by Gasteiger charge is -2.08. The molecule has 0 spiro atoms. The normalized spacial score (nSPS) is 10.4. The van der Waals surface area contributed by atoms with E-state index in [4.69, 9.17) is 15.0 Å². The van der Waals surface area contributed by atoms with Crippen LogP contribution in [-0.2, 0) is 6.42 Å². The van der Waals surface area contributed by atoms with Crippen LogP contribution in [0.1, 0.15) is 32.9 Å². The van der Waals surface area contributed by atoms with Crippen molar-refractivity contribution in [2.24, 2.45) is 0 Å². The Morgan fingerprint density at radius 2 is 1.93 bits per heavy atom. The zero-order chi connectivity index (χ0) is 19.4. The molecule has 1 aromatic heterocycles. The molecule has 0 aliphatic carbocycles. The lowest BCUT2D eigenvalue weighted by atomic mass is 9.97. The molecule has 27 heavy (non-hydrogen) atoms. The SMILES string of the molecule is C=C(c1ccccc1N)c1onc(Cc2ccc(OC)cc2)c1C(=O)NC. The standard InChI is InChI=1S/C21H21N3O3/c1-13(16-6-4-5-7-17(16)22)20-19(21(25)23-2)18(24-27-20)12-14-8-10-15(26-3)11-9-14/h4-11H,1,12,22H2,2-3H3,(H,23,25). The summed E-state index contributed by atoms with van der Waals surface area (Å²) in [4.78, 5) is 12.5. The van der Waals surface area contributed by atoms with Gasteiger partial charge in [-0.2, -0.15) is 0 Å². The van der Waals surface area contributed by atoms with Crippen molar-refractivity contribution in [2.75, 3.05) is 19.9 Å². The average molecular weight is 363 g/mol. The monoisotopic (exact) mass is 363 g/mol. The second-order valence-corrected chi connectivity index (χ2v) is 6.00. The van der Waals surface area contributed by atoms with Crippen molar-refractivity contribution >= 4 is 17.2 Å². The van der Waals surface area contributed by atoms with Gasteiger partial charge in [0.15, 0.2) is 5.76 Å². The van der Waals surface area contributed by atoms with Crippen LogP contribution in [0.15, 0.2) is 59.6 Å². The van der Waals surface area contributed by atoms with Crippen LogP contribution in [0.4, 0.5) is 5.69 Å². The first-order valence-corrected chi connectivity index (χ1v) is 8.42. The number of ether oxygens (including phenoxy) is 1. The highest BCUT2D eigenvalue weighted by molar-refractivity contribution is 6.01. The molecule has 0 aliphatic rings. The third-order valence-electron chi connectivity index (χ3n) is 4.31. The van der Waals surface area contributed by atoms with Gasteiger partial charge >= 0.3 is 0 Å². The summed E-state index contributed by atoms with van der Waals surface area (Å²) >= 11 is 0. The summed E-state index contributed by atoms with van der Waals surface area (Å²) in [5.74, 6) is 0.792. The van der Waals surface area contributed by atoms with Gasteiger partial charge in [-0.3, -0.25) is 4.79 Å². The number of nitrogen functional groups attached to an aromatic ring is 1. The van der Waals surface area contributed by atoms with Crippen LogP contribution in [-0.4, -0.2) is 25.2 Å². The molecule has 0 saturated carbocycles. The molecule has 6 heteroatoms. The summed E-state index contributed by atoms with van der Waals surface area (Å²) in [6.07, 6.45) is 0.438. The van der Waals surface area contributed by atoms with Gasteiger partial charge in [0, 0.05) is 30.3 Å². The molecule has 0 unspecified atom stereocenters. The number of carbonyl (C=O) groups is 1. The van der Waals surface area contributed by atoms with Crippen molar-refractivity contribution in [3.63, 3.8) is 0 Å². The Balaban J connectivity index is 1.99. The minimum atomic E-state index is -0.287. The lowest BCUT2D eigenvalue weighted by molar-refractivity contribution is 0.0961. The predicted molar refractivity (Wildman–Crippen MR) is 105 cm³/mol. The topological polar surface area (TPSA) is 90.4 Å². The molecule has 0 radical (unpaired) electrons. The maximum absolute atomic E-state index is 12.5. The molecule has 0 fully saturated rings. The first kappa shape index (κ1) is 18.3. The van der Waals surface area contributed by atoms with Gasteiger partial charge in [0.05, 0.1) is 7.11 Å². The Labute approximate surface area is 157 Å². The molecule has 0 atom stereocenters. The number of para-hydroxylation sites is 1. The Morgan fingerprint density at radius 1 is 1.22 bits per heavy atom. The lowest BCUT2D eigenvalue weighted by Crippen LogP contribution is -2.20. The second kappa shape index (κ2) is 7.78. The number of methoxy groups -OCH3 is 1. The zero-order valence-corrected chi connectivity index (χ0v) is 15.3. The summed E-state index contributed by atoms with van der Waals surface area (Å²) in [5, 5.41) is 6.77. The number of nitrogens with zero attached hydrogens (tertiary/aromatic N) is 1. The van der Waals surface area contributed by atoms with Gasteiger partial charge in [-0.05, 0) is 23.8 Å². The van der Waals surface area contributed by atoms with Crippen molar-refractivity contribution in [3.05, 3.63) is 83.3 Å². The number of amides is 1. The van der Waals surface area contributed by atoms with Crippen LogP contribution >= 0.6 is 0 Å². The fourth-order valence-electron chi connectivity index (χ4n) is 2.84. The van der Waals surface area contributed by atoms with Crippen LogP contribution < -0.4 is 15.8 Å². The fraction of sp³-hybridized carbons (Fsp3) is 0.143. The molecule has 2 aromatic carbocycles. The molecule has 3 aromatic rings. The van der Waals surface area contributed by atoms with Gasteiger partial charge in [-0.15, -0.1) is 0 Å². The minimum absolute atomic E-state index is 0.287. The van der Waals surface area contributed by atoms with E-state index in [2.05, 4.69) is 17.1 Å². The highest BCUT2D eigenvalue weighted by Crippen LogP contribution is 2.31. The van der Waals surface area contributed by atoms with E-state index >= 15 is 0 Å². The molecular weight excluding hydrogens is 342 g/mol. The average Bonchev–Trinajstić information content (AvgIpc) is 3.11. The molecule has 1 heterocycles. The van der Waals surface area contributed by atoms with Crippen LogP contribution in [0.2, 0.25) is 0 Å². The largest absolute Gasteiger partial charge is 0.497 e. The Morgan fingerprint density at radius 3 is 2.56 bits per heavy atom. The molecule has 138 valence electrons. The minimum Gasteiger partial charge on any atom is -0.497 e. The fourth-order valence-corrected chi connectivity index (χ4v) is 2.84. The van der Waals surface area contributed by atoms with E-state index in [1.807, 2.05) is 42.5 Å². The molecule has 3 N–H and O–H groups in total. The summed E-state index contributed by atoms with van der Waals surface area (Å²) in [6, 6.07) is 14.9. The molecule has 0 saturated heterocycles. The number of benzene rings is 2. The number of aromatic nitrogens is 1. The second-order valence-electron chi connectivity index (χ2n) is 6.00. The zero-order valence-electron chi connectivity index (χ0n) is 15.3. The number of carbonyl (C=O) groups excluding carboxylic acids is 1. The van der Waals surface area contributed by atoms with E-state index in [1.165, 1.54) is 0 Å².